The van der Waals surface area contributed by atoms with E-state index in [-0.39, 0.29) is 28.0 Å². The standard InChI is InChI=1S/C5HF6N2.Zn/c6-4(7,8)2-1-3(13-12-2)5(9,10)11;/h1H;/q-1;+1. The van der Waals surface area contributed by atoms with E-state index in [0.29, 0.717) is 0 Å². The predicted molar refractivity (Wildman–Crippen MR) is 27.6 cm³/mol. The summed E-state index contributed by atoms with van der Waals surface area (Å²) in [6.45, 7) is 0. The molecule has 0 saturated carbocycles. The van der Waals surface area contributed by atoms with E-state index in [4.69, 9.17) is 0 Å². The summed E-state index contributed by atoms with van der Waals surface area (Å²) in [4.78, 5) is 0. The first-order valence-electron chi connectivity index (χ1n) is 3.17. The second-order valence-corrected chi connectivity index (χ2v) is 3.67. The molecule has 0 atom stereocenters. The number of alkyl halides is 6. The first-order chi connectivity index (χ1) is 6.12. The van der Waals surface area contributed by atoms with E-state index in [2.05, 4.69) is 5.10 Å². The van der Waals surface area contributed by atoms with Crippen molar-refractivity contribution in [1.82, 2.24) is 8.52 Å². The second-order valence-electron chi connectivity index (χ2n) is 2.41. The molecule has 0 saturated heterocycles. The van der Waals surface area contributed by atoms with Gasteiger partial charge in [0.15, 0.2) is 0 Å². The average Bonchev–Trinajstić information content (AvgIpc) is 2.27. The van der Waals surface area contributed by atoms with Crippen LogP contribution in [0.15, 0.2) is 6.07 Å². The Labute approximate surface area is 83.8 Å². The fourth-order valence-corrected chi connectivity index (χ4v) is 1.67. The molecule has 1 aromatic rings. The quantitative estimate of drug-likeness (QED) is 0.521. The summed E-state index contributed by atoms with van der Waals surface area (Å²) in [6.07, 6.45) is -9.64. The molecule has 0 unspecified atom stereocenters. The average molecular weight is 268 g/mol. The molecule has 0 aromatic carbocycles. The third-order valence-corrected chi connectivity index (χ3v) is 2.37. The molecule has 0 radical (unpaired) electrons. The molecule has 1 heterocycles. The van der Waals surface area contributed by atoms with Gasteiger partial charge < -0.3 is 0 Å². The molecule has 1 rings (SSSR count). The SMILES string of the molecule is FC(F)(F)c1cc(C(F)(F)F)[n]([Zn])n1. The van der Waals surface area contributed by atoms with Gasteiger partial charge in [-0.05, 0) is 0 Å². The minimum absolute atomic E-state index is 0.00347. The van der Waals surface area contributed by atoms with Gasteiger partial charge in [-0.15, -0.1) is 0 Å². The fraction of sp³-hybridized carbons (Fsp3) is 0.400. The summed E-state index contributed by atoms with van der Waals surface area (Å²) in [6, 6.07) is 0.00347. The molecule has 0 aliphatic heterocycles. The van der Waals surface area contributed by atoms with Crippen LogP contribution in [0.1, 0.15) is 11.4 Å². The van der Waals surface area contributed by atoms with Crippen LogP contribution >= 0.6 is 0 Å². The molecule has 14 heavy (non-hydrogen) atoms. The van der Waals surface area contributed by atoms with E-state index in [1.165, 1.54) is 0 Å². The number of nitrogens with zero attached hydrogens (tertiary/aromatic N) is 2. The number of aromatic nitrogens is 2. The third kappa shape index (κ3) is 2.26. The molecule has 75 valence electrons. The normalized spacial score (nSPS) is 13.4. The Morgan fingerprint density at radius 1 is 1.07 bits per heavy atom. The van der Waals surface area contributed by atoms with Gasteiger partial charge in [0.05, 0.1) is 0 Å². The number of hydrogen-bond acceptors (Lipinski definition) is 1. The molecule has 0 N–H and O–H groups in total. The minimum atomic E-state index is -4.84. The molecule has 9 heteroatoms. The zero-order valence-electron chi connectivity index (χ0n) is 6.45. The summed E-state index contributed by atoms with van der Waals surface area (Å²) in [5.74, 6) is 0. The molecule has 2 nitrogen and oxygen atoms in total. The molecule has 0 aliphatic carbocycles. The summed E-state index contributed by atoms with van der Waals surface area (Å²) < 4.78 is 72.2. The topological polar surface area (TPSA) is 17.8 Å². The van der Waals surface area contributed by atoms with Crippen molar-refractivity contribution in [3.63, 3.8) is 0 Å². The van der Waals surface area contributed by atoms with Crippen LogP contribution in [0, 0.1) is 0 Å². The molecule has 0 bridgehead atoms. The molecule has 0 aliphatic rings. The fourth-order valence-electron chi connectivity index (χ4n) is 0.783. The van der Waals surface area contributed by atoms with E-state index in [9.17, 15) is 26.3 Å². The van der Waals surface area contributed by atoms with Crippen LogP contribution in [0.4, 0.5) is 26.3 Å². The molecule has 1 aromatic heterocycles. The Kier molecular flexibility index (Phi) is 2.64. The van der Waals surface area contributed by atoms with Crippen LogP contribution < -0.4 is 0 Å². The summed E-state index contributed by atoms with van der Waals surface area (Å²) >= 11 is -0.148. The number of halogens is 6. The van der Waals surface area contributed by atoms with Crippen molar-refractivity contribution < 1.29 is 44.9 Å². The van der Waals surface area contributed by atoms with Crippen LogP contribution in [0.3, 0.4) is 0 Å². The Morgan fingerprint density at radius 2 is 1.57 bits per heavy atom. The zero-order chi connectivity index (χ0) is 11.1. The van der Waals surface area contributed by atoms with E-state index in [0.717, 1.165) is 0 Å². The monoisotopic (exact) mass is 267 g/mol. The van der Waals surface area contributed by atoms with Crippen LogP contribution in [-0.4, -0.2) is 8.52 Å². The van der Waals surface area contributed by atoms with Gasteiger partial charge in [-0.25, -0.2) is 0 Å². The van der Waals surface area contributed by atoms with E-state index in [1.54, 1.807) is 0 Å². The van der Waals surface area contributed by atoms with Crippen molar-refractivity contribution in [2.75, 3.05) is 0 Å². The third-order valence-electron chi connectivity index (χ3n) is 1.36. The van der Waals surface area contributed by atoms with Crippen molar-refractivity contribution in [3.8, 4) is 0 Å². The van der Waals surface area contributed by atoms with Crippen LogP contribution in [0.25, 0.3) is 0 Å². The first kappa shape index (κ1) is 11.5. The van der Waals surface area contributed by atoms with E-state index in [1.807, 2.05) is 0 Å². The molecule has 0 spiro atoms. The van der Waals surface area contributed by atoms with Crippen molar-refractivity contribution in [3.05, 3.63) is 17.5 Å². The summed E-state index contributed by atoms with van der Waals surface area (Å²) in [5, 5.41) is 2.78. The van der Waals surface area contributed by atoms with Crippen LogP contribution in [-0.2, 0) is 30.9 Å². The second kappa shape index (κ2) is 3.22. The molecule has 0 amide bonds. The number of hydrogen-bond donors (Lipinski definition) is 0. The Morgan fingerprint density at radius 3 is 1.79 bits per heavy atom. The van der Waals surface area contributed by atoms with Gasteiger partial charge in [0.2, 0.25) is 0 Å². The first-order valence-corrected chi connectivity index (χ1v) is 4.50. The Hall–Kier alpha value is -0.587. The Balaban J connectivity index is 3.19. The van der Waals surface area contributed by atoms with Gasteiger partial charge in [0.1, 0.15) is 0 Å². The maximum atomic E-state index is 12.0. The van der Waals surface area contributed by atoms with Crippen LogP contribution in [0.5, 0.6) is 0 Å². The number of rotatable bonds is 0. The van der Waals surface area contributed by atoms with Gasteiger partial charge in [-0.2, -0.15) is 0 Å². The van der Waals surface area contributed by atoms with Crippen LogP contribution in [0.2, 0.25) is 0 Å². The summed E-state index contributed by atoms with van der Waals surface area (Å²) in [7, 11) is 0. The van der Waals surface area contributed by atoms with Crippen molar-refractivity contribution in [2.45, 2.75) is 12.4 Å². The van der Waals surface area contributed by atoms with Gasteiger partial charge in [-0.3, -0.25) is 0 Å². The molecule has 0 fully saturated rings. The molecular weight excluding hydrogens is 267 g/mol. The van der Waals surface area contributed by atoms with Crippen molar-refractivity contribution in [2.24, 2.45) is 0 Å². The van der Waals surface area contributed by atoms with Crippen molar-refractivity contribution >= 4 is 0 Å². The van der Waals surface area contributed by atoms with E-state index < -0.39 is 23.7 Å². The summed E-state index contributed by atoms with van der Waals surface area (Å²) in [5.41, 5.74) is -2.89. The van der Waals surface area contributed by atoms with Gasteiger partial charge in [-0.1, -0.05) is 0 Å². The van der Waals surface area contributed by atoms with E-state index >= 15 is 0 Å². The van der Waals surface area contributed by atoms with Gasteiger partial charge in [0.25, 0.3) is 0 Å². The Bertz CT molecular complexity index is 337. The van der Waals surface area contributed by atoms with Crippen molar-refractivity contribution in [1.29, 1.82) is 0 Å². The van der Waals surface area contributed by atoms with Gasteiger partial charge >= 0.3 is 83.2 Å². The predicted octanol–water partition coefficient (Wildman–Crippen LogP) is 2.23. The zero-order valence-corrected chi connectivity index (χ0v) is 9.41. The van der Waals surface area contributed by atoms with Gasteiger partial charge in [0, 0.05) is 0 Å². The molecular formula is C5HF6N2Zn. The maximum absolute atomic E-state index is 12.0.